The highest BCUT2D eigenvalue weighted by atomic mass is 16.5. The molecule has 0 aromatic heterocycles. The molecule has 1 atom stereocenters. The molecule has 118 valence electrons. The van der Waals surface area contributed by atoms with Crippen molar-refractivity contribution in [3.63, 3.8) is 0 Å². The highest BCUT2D eigenvalue weighted by Crippen LogP contribution is 2.18. The Morgan fingerprint density at radius 3 is 2.71 bits per heavy atom. The van der Waals surface area contributed by atoms with E-state index in [4.69, 9.17) is 4.74 Å². The first-order valence-corrected chi connectivity index (χ1v) is 8.25. The number of rotatable bonds is 7. The average molecular weight is 290 g/mol. The summed E-state index contributed by atoms with van der Waals surface area (Å²) in [5, 5.41) is 3.31. The maximum Gasteiger partial charge on any atom is 0.119 e. The molecule has 1 N–H and O–H groups in total. The molecule has 0 aliphatic carbocycles. The minimum Gasteiger partial charge on any atom is -0.494 e. The van der Waals surface area contributed by atoms with E-state index in [-0.39, 0.29) is 0 Å². The van der Waals surface area contributed by atoms with Gasteiger partial charge in [-0.15, -0.1) is 0 Å². The van der Waals surface area contributed by atoms with Gasteiger partial charge in [0.1, 0.15) is 5.75 Å². The molecule has 1 fully saturated rings. The SMILES string of the molecule is CNCC1CCCN(CCCOc2cc(C)cc(C)c2)C1. The number of piperidine rings is 1. The summed E-state index contributed by atoms with van der Waals surface area (Å²) >= 11 is 0. The lowest BCUT2D eigenvalue weighted by Crippen LogP contribution is -2.39. The summed E-state index contributed by atoms with van der Waals surface area (Å²) in [6.45, 7) is 9.86. The van der Waals surface area contributed by atoms with Crippen LogP contribution in [0.25, 0.3) is 0 Å². The first-order valence-electron chi connectivity index (χ1n) is 8.25. The van der Waals surface area contributed by atoms with Crippen LogP contribution in [0.5, 0.6) is 5.75 Å². The molecule has 3 nitrogen and oxygen atoms in total. The summed E-state index contributed by atoms with van der Waals surface area (Å²) in [6.07, 6.45) is 3.82. The van der Waals surface area contributed by atoms with Crippen molar-refractivity contribution in [3.05, 3.63) is 29.3 Å². The van der Waals surface area contributed by atoms with E-state index in [2.05, 4.69) is 49.3 Å². The smallest absolute Gasteiger partial charge is 0.119 e. The lowest BCUT2D eigenvalue weighted by atomic mass is 9.98. The van der Waals surface area contributed by atoms with Gasteiger partial charge in [0.25, 0.3) is 0 Å². The first-order chi connectivity index (χ1) is 10.2. The van der Waals surface area contributed by atoms with Crippen LogP contribution in [0.1, 0.15) is 30.4 Å². The van der Waals surface area contributed by atoms with Crippen LogP contribution >= 0.6 is 0 Å². The number of hydrogen-bond donors (Lipinski definition) is 1. The summed E-state index contributed by atoms with van der Waals surface area (Å²) in [6, 6.07) is 6.43. The zero-order valence-corrected chi connectivity index (χ0v) is 13.8. The predicted molar refractivity (Wildman–Crippen MR) is 89.1 cm³/mol. The molecule has 0 saturated carbocycles. The molecule has 3 heteroatoms. The van der Waals surface area contributed by atoms with Gasteiger partial charge in [0, 0.05) is 13.1 Å². The standard InChI is InChI=1S/C18H30N2O/c1-15-10-16(2)12-18(11-15)21-9-5-8-20-7-4-6-17(14-20)13-19-3/h10-12,17,19H,4-9,13-14H2,1-3H3. The number of nitrogens with one attached hydrogen (secondary N) is 1. The van der Waals surface area contributed by atoms with E-state index < -0.39 is 0 Å². The maximum absolute atomic E-state index is 5.89. The highest BCUT2D eigenvalue weighted by Gasteiger charge is 2.18. The molecule has 1 aliphatic heterocycles. The second kappa shape index (κ2) is 8.40. The van der Waals surface area contributed by atoms with Gasteiger partial charge in [0.05, 0.1) is 6.61 Å². The highest BCUT2D eigenvalue weighted by molar-refractivity contribution is 5.32. The van der Waals surface area contributed by atoms with Crippen molar-refractivity contribution in [2.45, 2.75) is 33.1 Å². The number of ether oxygens (including phenoxy) is 1. The molecule has 21 heavy (non-hydrogen) atoms. The Hall–Kier alpha value is -1.06. The Bertz CT molecular complexity index is 411. The molecule has 1 unspecified atom stereocenters. The van der Waals surface area contributed by atoms with Gasteiger partial charge >= 0.3 is 0 Å². The van der Waals surface area contributed by atoms with Crippen molar-refractivity contribution in [1.82, 2.24) is 10.2 Å². The third kappa shape index (κ3) is 5.68. The van der Waals surface area contributed by atoms with Crippen LogP contribution in [0.2, 0.25) is 0 Å². The molecule has 1 aromatic rings. The van der Waals surface area contributed by atoms with E-state index in [1.807, 2.05) is 0 Å². The second-order valence-corrected chi connectivity index (χ2v) is 6.39. The zero-order valence-electron chi connectivity index (χ0n) is 13.8. The first kappa shape index (κ1) is 16.3. The van der Waals surface area contributed by atoms with Gasteiger partial charge in [-0.25, -0.2) is 0 Å². The van der Waals surface area contributed by atoms with Crippen LogP contribution in [0.3, 0.4) is 0 Å². The summed E-state index contributed by atoms with van der Waals surface area (Å²) < 4.78 is 5.89. The van der Waals surface area contributed by atoms with Crippen LogP contribution < -0.4 is 10.1 Å². The lowest BCUT2D eigenvalue weighted by Gasteiger charge is -2.32. The fraction of sp³-hybridized carbons (Fsp3) is 0.667. The van der Waals surface area contributed by atoms with Gasteiger partial charge < -0.3 is 15.0 Å². The number of nitrogens with zero attached hydrogens (tertiary/aromatic N) is 1. The third-order valence-electron chi connectivity index (χ3n) is 4.18. The van der Waals surface area contributed by atoms with Crippen LogP contribution in [0, 0.1) is 19.8 Å². The molecular weight excluding hydrogens is 260 g/mol. The normalized spacial score (nSPS) is 19.7. The van der Waals surface area contributed by atoms with Crippen molar-refractivity contribution in [2.24, 2.45) is 5.92 Å². The quantitative estimate of drug-likeness (QED) is 0.781. The topological polar surface area (TPSA) is 24.5 Å². The number of benzene rings is 1. The van der Waals surface area contributed by atoms with Gasteiger partial charge in [0.15, 0.2) is 0 Å². The van der Waals surface area contributed by atoms with Crippen LogP contribution in [-0.2, 0) is 0 Å². The molecular formula is C18H30N2O. The summed E-state index contributed by atoms with van der Waals surface area (Å²) in [5.41, 5.74) is 2.55. The summed E-state index contributed by atoms with van der Waals surface area (Å²) in [4.78, 5) is 2.59. The third-order valence-corrected chi connectivity index (χ3v) is 4.18. The van der Waals surface area contributed by atoms with E-state index in [0.29, 0.717) is 0 Å². The van der Waals surface area contributed by atoms with Crippen molar-refractivity contribution < 1.29 is 4.74 Å². The van der Waals surface area contributed by atoms with Gasteiger partial charge in [-0.3, -0.25) is 0 Å². The van der Waals surface area contributed by atoms with Gasteiger partial charge in [0.2, 0.25) is 0 Å². The Morgan fingerprint density at radius 1 is 1.24 bits per heavy atom. The van der Waals surface area contributed by atoms with Crippen molar-refractivity contribution in [3.8, 4) is 5.75 Å². The van der Waals surface area contributed by atoms with Crippen LogP contribution in [0.4, 0.5) is 0 Å². The molecule has 0 amide bonds. The monoisotopic (exact) mass is 290 g/mol. The van der Waals surface area contributed by atoms with E-state index in [9.17, 15) is 0 Å². The molecule has 0 radical (unpaired) electrons. The fourth-order valence-corrected chi connectivity index (χ4v) is 3.30. The van der Waals surface area contributed by atoms with Crippen LogP contribution in [0.15, 0.2) is 18.2 Å². The largest absolute Gasteiger partial charge is 0.494 e. The molecule has 2 rings (SSSR count). The van der Waals surface area contributed by atoms with Crippen molar-refractivity contribution in [2.75, 3.05) is 39.8 Å². The molecule has 1 aromatic carbocycles. The second-order valence-electron chi connectivity index (χ2n) is 6.39. The number of aryl methyl sites for hydroxylation is 2. The van der Waals surface area contributed by atoms with E-state index in [1.54, 1.807) is 0 Å². The summed E-state index contributed by atoms with van der Waals surface area (Å²) in [5.74, 6) is 1.84. The van der Waals surface area contributed by atoms with Crippen molar-refractivity contribution in [1.29, 1.82) is 0 Å². The maximum atomic E-state index is 5.89. The Labute approximate surface area is 129 Å². The van der Waals surface area contributed by atoms with E-state index in [1.165, 1.54) is 37.1 Å². The molecule has 0 spiro atoms. The summed E-state index contributed by atoms with van der Waals surface area (Å²) in [7, 11) is 2.05. The van der Waals surface area contributed by atoms with Gasteiger partial charge in [-0.1, -0.05) is 6.07 Å². The number of hydrogen-bond acceptors (Lipinski definition) is 3. The van der Waals surface area contributed by atoms with E-state index in [0.717, 1.165) is 37.8 Å². The Kier molecular flexibility index (Phi) is 6.52. The minimum atomic E-state index is 0.816. The molecule has 1 heterocycles. The van der Waals surface area contributed by atoms with E-state index >= 15 is 0 Å². The van der Waals surface area contributed by atoms with Crippen molar-refractivity contribution >= 4 is 0 Å². The molecule has 1 saturated heterocycles. The predicted octanol–water partition coefficient (Wildman–Crippen LogP) is 3.00. The van der Waals surface area contributed by atoms with Crippen LogP contribution in [-0.4, -0.2) is 44.7 Å². The average Bonchev–Trinajstić information content (AvgIpc) is 2.43. The molecule has 0 bridgehead atoms. The van der Waals surface area contributed by atoms with Gasteiger partial charge in [-0.2, -0.15) is 0 Å². The Morgan fingerprint density at radius 2 is 2.00 bits per heavy atom. The Balaban J connectivity index is 1.67. The van der Waals surface area contributed by atoms with Gasteiger partial charge in [-0.05, 0) is 82.4 Å². The lowest BCUT2D eigenvalue weighted by molar-refractivity contribution is 0.161. The molecule has 1 aliphatic rings. The number of likely N-dealkylation sites (tertiary alicyclic amines) is 1. The zero-order chi connectivity index (χ0) is 15.1. The minimum absolute atomic E-state index is 0.816. The fourth-order valence-electron chi connectivity index (χ4n) is 3.30.